The molecule has 2 aromatic rings. The fourth-order valence-corrected chi connectivity index (χ4v) is 3.28. The van der Waals surface area contributed by atoms with E-state index in [-0.39, 0.29) is 6.04 Å². The first kappa shape index (κ1) is 14.3. The van der Waals surface area contributed by atoms with E-state index < -0.39 is 0 Å². The molecule has 0 fully saturated rings. The molecule has 0 amide bonds. The first-order valence-electron chi connectivity index (χ1n) is 7.85. The Labute approximate surface area is 127 Å². The maximum atomic E-state index is 5.73. The summed E-state index contributed by atoms with van der Waals surface area (Å²) in [5, 5.41) is 2.14. The Morgan fingerprint density at radius 2 is 1.48 bits per heavy atom. The molecule has 0 heterocycles. The number of fused-ring (bicyclic) bond motifs is 3. The van der Waals surface area contributed by atoms with Crippen molar-refractivity contribution in [3.05, 3.63) is 59.7 Å². The van der Waals surface area contributed by atoms with Gasteiger partial charge in [0.15, 0.2) is 0 Å². The fraction of sp³-hybridized carbons (Fsp3) is 0.368. The summed E-state index contributed by atoms with van der Waals surface area (Å²) in [7, 11) is 1.79. The molecule has 0 atom stereocenters. The summed E-state index contributed by atoms with van der Waals surface area (Å²) >= 11 is 0. The van der Waals surface area contributed by atoms with Crippen molar-refractivity contribution >= 4 is 0 Å². The largest absolute Gasteiger partial charge is 0.301 e. The molecule has 0 N–H and O–H groups in total. The molecule has 0 bridgehead atoms. The van der Waals surface area contributed by atoms with Crippen LogP contribution >= 0.6 is 0 Å². The predicted molar refractivity (Wildman–Crippen MR) is 87.0 cm³/mol. The Hall–Kier alpha value is -1.64. The summed E-state index contributed by atoms with van der Waals surface area (Å²) in [5.41, 5.74) is 5.40. The third-order valence-electron chi connectivity index (χ3n) is 4.31. The third-order valence-corrected chi connectivity index (χ3v) is 4.31. The number of benzene rings is 2. The second-order valence-corrected chi connectivity index (χ2v) is 5.61. The van der Waals surface area contributed by atoms with Crippen molar-refractivity contribution in [2.75, 3.05) is 13.7 Å². The zero-order valence-electron chi connectivity index (χ0n) is 12.9. The summed E-state index contributed by atoms with van der Waals surface area (Å²) in [5.74, 6) is 0. The number of rotatable bonds is 6. The van der Waals surface area contributed by atoms with Gasteiger partial charge in [0.2, 0.25) is 0 Å². The summed E-state index contributed by atoms with van der Waals surface area (Å²) < 4.78 is 0. The highest BCUT2D eigenvalue weighted by molar-refractivity contribution is 5.78. The van der Waals surface area contributed by atoms with Crippen LogP contribution in [0.4, 0.5) is 0 Å². The molecule has 2 nitrogen and oxygen atoms in total. The minimum atomic E-state index is 0.222. The van der Waals surface area contributed by atoms with Crippen LogP contribution in [-0.4, -0.2) is 18.7 Å². The summed E-state index contributed by atoms with van der Waals surface area (Å²) in [4.78, 5) is 5.73. The number of unbranched alkanes of at least 4 members (excludes halogenated alkanes) is 2. The Balaban J connectivity index is 1.97. The molecule has 21 heavy (non-hydrogen) atoms. The molecule has 110 valence electrons. The smallest absolute Gasteiger partial charge is 0.0864 e. The lowest BCUT2D eigenvalue weighted by Crippen LogP contribution is -2.28. The predicted octanol–water partition coefficient (Wildman–Crippen LogP) is 4.81. The van der Waals surface area contributed by atoms with E-state index in [4.69, 9.17) is 4.84 Å². The van der Waals surface area contributed by atoms with Crippen LogP contribution in [0, 0.1) is 0 Å². The van der Waals surface area contributed by atoms with Crippen molar-refractivity contribution in [2.24, 2.45) is 0 Å². The van der Waals surface area contributed by atoms with Crippen molar-refractivity contribution < 1.29 is 4.84 Å². The molecule has 0 aliphatic heterocycles. The maximum Gasteiger partial charge on any atom is 0.0864 e. The van der Waals surface area contributed by atoms with Gasteiger partial charge in [-0.25, -0.2) is 0 Å². The van der Waals surface area contributed by atoms with Gasteiger partial charge in [-0.05, 0) is 28.7 Å². The van der Waals surface area contributed by atoms with Crippen molar-refractivity contribution in [3.8, 4) is 11.1 Å². The summed E-state index contributed by atoms with van der Waals surface area (Å²) in [6.07, 6.45) is 3.65. The SMILES string of the molecule is CCCCCN(OC)C1c2ccccc2-c2ccccc21. The van der Waals surface area contributed by atoms with E-state index in [0.29, 0.717) is 0 Å². The van der Waals surface area contributed by atoms with Gasteiger partial charge in [-0.1, -0.05) is 68.3 Å². The van der Waals surface area contributed by atoms with Crippen molar-refractivity contribution in [2.45, 2.75) is 32.2 Å². The normalized spacial score (nSPS) is 13.5. The molecule has 1 aliphatic rings. The maximum absolute atomic E-state index is 5.73. The van der Waals surface area contributed by atoms with E-state index in [2.05, 4.69) is 60.5 Å². The number of hydrogen-bond acceptors (Lipinski definition) is 2. The molecule has 0 unspecified atom stereocenters. The van der Waals surface area contributed by atoms with Crippen LogP contribution in [0.3, 0.4) is 0 Å². The van der Waals surface area contributed by atoms with E-state index in [0.717, 1.165) is 6.54 Å². The summed E-state index contributed by atoms with van der Waals surface area (Å²) in [6, 6.07) is 17.6. The lowest BCUT2D eigenvalue weighted by molar-refractivity contribution is -0.153. The van der Waals surface area contributed by atoms with Crippen molar-refractivity contribution in [1.82, 2.24) is 5.06 Å². The van der Waals surface area contributed by atoms with Crippen LogP contribution in [0.5, 0.6) is 0 Å². The third kappa shape index (κ3) is 2.61. The molecule has 0 saturated heterocycles. The van der Waals surface area contributed by atoms with Crippen molar-refractivity contribution in [3.63, 3.8) is 0 Å². The molecule has 1 aliphatic carbocycles. The van der Waals surface area contributed by atoms with Gasteiger partial charge < -0.3 is 4.84 Å². The average Bonchev–Trinajstić information content (AvgIpc) is 2.87. The number of hydrogen-bond donors (Lipinski definition) is 0. The quantitative estimate of drug-likeness (QED) is 0.556. The minimum absolute atomic E-state index is 0.222. The molecular formula is C19H23NO. The van der Waals surface area contributed by atoms with Gasteiger partial charge in [0, 0.05) is 6.54 Å². The number of nitrogens with zero attached hydrogens (tertiary/aromatic N) is 1. The molecule has 0 saturated carbocycles. The molecule has 0 radical (unpaired) electrons. The van der Waals surface area contributed by atoms with E-state index in [1.165, 1.54) is 41.5 Å². The molecule has 2 heteroatoms. The van der Waals surface area contributed by atoms with Crippen LogP contribution < -0.4 is 0 Å². The lowest BCUT2D eigenvalue weighted by atomic mass is 10.0. The molecule has 0 aromatic heterocycles. The van der Waals surface area contributed by atoms with E-state index >= 15 is 0 Å². The van der Waals surface area contributed by atoms with Crippen LogP contribution in [-0.2, 0) is 4.84 Å². The van der Waals surface area contributed by atoms with Gasteiger partial charge in [-0.2, -0.15) is 5.06 Å². The topological polar surface area (TPSA) is 12.5 Å². The second kappa shape index (κ2) is 6.42. The molecular weight excluding hydrogens is 258 g/mol. The van der Waals surface area contributed by atoms with Crippen molar-refractivity contribution in [1.29, 1.82) is 0 Å². The van der Waals surface area contributed by atoms with Crippen LogP contribution in [0.25, 0.3) is 11.1 Å². The standard InChI is InChI=1S/C19H23NO/c1-3-4-9-14-20(21-2)19-17-12-7-5-10-15(17)16-11-6-8-13-18(16)19/h5-8,10-13,19H,3-4,9,14H2,1-2H3. The van der Waals surface area contributed by atoms with Gasteiger partial charge in [-0.15, -0.1) is 0 Å². The van der Waals surface area contributed by atoms with Crippen LogP contribution in [0.2, 0.25) is 0 Å². The summed E-state index contributed by atoms with van der Waals surface area (Å²) in [6.45, 7) is 3.20. The van der Waals surface area contributed by atoms with Gasteiger partial charge in [-0.3, -0.25) is 0 Å². The highest BCUT2D eigenvalue weighted by atomic mass is 16.7. The highest BCUT2D eigenvalue weighted by Gasteiger charge is 2.32. The van der Waals surface area contributed by atoms with Crippen LogP contribution in [0.15, 0.2) is 48.5 Å². The zero-order chi connectivity index (χ0) is 14.7. The van der Waals surface area contributed by atoms with Crippen LogP contribution in [0.1, 0.15) is 43.4 Å². The van der Waals surface area contributed by atoms with E-state index in [1.54, 1.807) is 7.11 Å². The minimum Gasteiger partial charge on any atom is -0.301 e. The monoisotopic (exact) mass is 281 g/mol. The molecule has 2 aromatic carbocycles. The van der Waals surface area contributed by atoms with Gasteiger partial charge >= 0.3 is 0 Å². The van der Waals surface area contributed by atoms with Gasteiger partial charge in [0.05, 0.1) is 13.2 Å². The van der Waals surface area contributed by atoms with Gasteiger partial charge in [0.25, 0.3) is 0 Å². The molecule has 3 rings (SSSR count). The first-order valence-corrected chi connectivity index (χ1v) is 7.85. The Bertz CT molecular complexity index is 563. The Kier molecular flexibility index (Phi) is 4.37. The number of hydroxylamine groups is 2. The average molecular weight is 281 g/mol. The zero-order valence-corrected chi connectivity index (χ0v) is 12.9. The fourth-order valence-electron chi connectivity index (χ4n) is 3.28. The lowest BCUT2D eigenvalue weighted by Gasteiger charge is -2.28. The first-order chi connectivity index (χ1) is 10.4. The Morgan fingerprint density at radius 1 is 0.905 bits per heavy atom. The second-order valence-electron chi connectivity index (χ2n) is 5.61. The van der Waals surface area contributed by atoms with E-state index in [9.17, 15) is 0 Å². The van der Waals surface area contributed by atoms with Gasteiger partial charge in [0.1, 0.15) is 0 Å². The Morgan fingerprint density at radius 3 is 2.00 bits per heavy atom. The highest BCUT2D eigenvalue weighted by Crippen LogP contribution is 2.46. The molecule has 0 spiro atoms. The van der Waals surface area contributed by atoms with E-state index in [1.807, 2.05) is 0 Å².